The van der Waals surface area contributed by atoms with E-state index in [4.69, 9.17) is 16.3 Å². The van der Waals surface area contributed by atoms with Crippen molar-refractivity contribution in [2.75, 3.05) is 0 Å². The van der Waals surface area contributed by atoms with Gasteiger partial charge >= 0.3 is 0 Å². The van der Waals surface area contributed by atoms with Crippen molar-refractivity contribution in [2.45, 2.75) is 26.5 Å². The van der Waals surface area contributed by atoms with Crippen LogP contribution in [-0.4, -0.2) is 10.7 Å². The maximum absolute atomic E-state index is 12.2. The molecular formula is C21H20ClNO2. The van der Waals surface area contributed by atoms with Gasteiger partial charge in [-0.15, -0.1) is 0 Å². The predicted octanol–water partition coefficient (Wildman–Crippen LogP) is 5.00. The first-order valence-electron chi connectivity index (χ1n) is 8.23. The van der Waals surface area contributed by atoms with E-state index in [1.165, 1.54) is 0 Å². The molecular weight excluding hydrogens is 334 g/mol. The van der Waals surface area contributed by atoms with Gasteiger partial charge in [0.05, 0.1) is 12.6 Å². The Kier molecular flexibility index (Phi) is 5.25. The molecule has 1 heterocycles. The average molecular weight is 354 g/mol. The molecule has 1 aromatic heterocycles. The van der Waals surface area contributed by atoms with Gasteiger partial charge in [0.1, 0.15) is 5.75 Å². The second kappa shape index (κ2) is 7.58. The third kappa shape index (κ3) is 4.52. The van der Waals surface area contributed by atoms with Gasteiger partial charge in [0, 0.05) is 17.3 Å². The largest absolute Gasteiger partial charge is 0.491 e. The lowest BCUT2D eigenvalue weighted by Gasteiger charge is -2.11. The van der Waals surface area contributed by atoms with Gasteiger partial charge in [-0.05, 0) is 60.9 Å². The molecule has 128 valence electrons. The van der Waals surface area contributed by atoms with Gasteiger partial charge in [-0.1, -0.05) is 35.9 Å². The van der Waals surface area contributed by atoms with Gasteiger partial charge in [0.15, 0.2) is 0 Å². The first kappa shape index (κ1) is 17.3. The normalized spacial score (nSPS) is 10.9. The minimum Gasteiger partial charge on any atom is -0.491 e. The molecule has 0 aliphatic carbocycles. The number of halogens is 1. The van der Waals surface area contributed by atoms with E-state index in [2.05, 4.69) is 0 Å². The summed E-state index contributed by atoms with van der Waals surface area (Å²) in [6.07, 6.45) is 2.03. The van der Waals surface area contributed by atoms with E-state index in [9.17, 15) is 4.79 Å². The molecule has 0 amide bonds. The van der Waals surface area contributed by atoms with E-state index in [-0.39, 0.29) is 11.7 Å². The van der Waals surface area contributed by atoms with Crippen LogP contribution in [0.3, 0.4) is 0 Å². The van der Waals surface area contributed by atoms with Crippen LogP contribution in [0.5, 0.6) is 5.75 Å². The zero-order valence-corrected chi connectivity index (χ0v) is 15.0. The molecule has 4 heteroatoms. The quantitative estimate of drug-likeness (QED) is 0.646. The summed E-state index contributed by atoms with van der Waals surface area (Å²) >= 11 is 5.92. The molecule has 0 aliphatic rings. The molecule has 3 aromatic rings. The number of nitrogens with zero attached hydrogens (tertiary/aromatic N) is 1. The van der Waals surface area contributed by atoms with Crippen LogP contribution in [0, 0.1) is 0 Å². The Morgan fingerprint density at radius 2 is 1.56 bits per heavy atom. The van der Waals surface area contributed by atoms with Crippen LogP contribution >= 0.6 is 11.6 Å². The van der Waals surface area contributed by atoms with Crippen LogP contribution in [0.2, 0.25) is 5.02 Å². The van der Waals surface area contributed by atoms with Crippen molar-refractivity contribution in [1.29, 1.82) is 0 Å². The maximum Gasteiger partial charge on any atom is 0.250 e. The van der Waals surface area contributed by atoms with Gasteiger partial charge in [-0.3, -0.25) is 4.79 Å². The standard InChI is InChI=1S/C21H20ClNO2/c1-15(2)25-20-10-5-17(6-11-20)18-7-12-21(24)23(14-18)13-16-3-8-19(22)9-4-16/h3-12,14-15H,13H2,1-2H3. The van der Waals surface area contributed by atoms with E-state index >= 15 is 0 Å². The van der Waals surface area contributed by atoms with Crippen LogP contribution in [0.1, 0.15) is 19.4 Å². The Bertz CT molecular complexity index is 896. The summed E-state index contributed by atoms with van der Waals surface area (Å²) in [5.74, 6) is 0.841. The number of aromatic nitrogens is 1. The lowest BCUT2D eigenvalue weighted by Crippen LogP contribution is -2.19. The molecule has 0 bridgehead atoms. The van der Waals surface area contributed by atoms with E-state index in [0.29, 0.717) is 11.6 Å². The highest BCUT2D eigenvalue weighted by molar-refractivity contribution is 6.30. The van der Waals surface area contributed by atoms with Gasteiger partial charge in [0.2, 0.25) is 0 Å². The zero-order valence-electron chi connectivity index (χ0n) is 14.3. The summed E-state index contributed by atoms with van der Waals surface area (Å²) in [5, 5.41) is 0.688. The average Bonchev–Trinajstić information content (AvgIpc) is 2.59. The molecule has 0 radical (unpaired) electrons. The smallest absolute Gasteiger partial charge is 0.250 e. The van der Waals surface area contributed by atoms with Gasteiger partial charge in [0.25, 0.3) is 5.56 Å². The van der Waals surface area contributed by atoms with Crippen molar-refractivity contribution in [3.63, 3.8) is 0 Å². The molecule has 0 unspecified atom stereocenters. The van der Waals surface area contributed by atoms with Crippen molar-refractivity contribution in [2.24, 2.45) is 0 Å². The molecule has 0 spiro atoms. The number of hydrogen-bond acceptors (Lipinski definition) is 2. The Balaban J connectivity index is 1.85. The lowest BCUT2D eigenvalue weighted by atomic mass is 10.1. The maximum atomic E-state index is 12.2. The predicted molar refractivity (Wildman–Crippen MR) is 102 cm³/mol. The first-order chi connectivity index (χ1) is 12.0. The number of rotatable bonds is 5. The van der Waals surface area contributed by atoms with E-state index in [1.807, 2.05) is 74.6 Å². The molecule has 0 saturated heterocycles. The summed E-state index contributed by atoms with van der Waals surface area (Å²) < 4.78 is 7.38. The lowest BCUT2D eigenvalue weighted by molar-refractivity contribution is 0.242. The number of pyridine rings is 1. The molecule has 3 rings (SSSR count). The second-order valence-electron chi connectivity index (χ2n) is 6.20. The highest BCUT2D eigenvalue weighted by Crippen LogP contribution is 2.22. The Labute approximate surface area is 152 Å². The number of ether oxygens (including phenoxy) is 1. The molecule has 3 nitrogen and oxygen atoms in total. The summed E-state index contributed by atoms with van der Waals surface area (Å²) in [5.41, 5.74) is 3.04. The van der Waals surface area contributed by atoms with Crippen molar-refractivity contribution in [3.8, 4) is 16.9 Å². The van der Waals surface area contributed by atoms with E-state index in [0.717, 1.165) is 22.4 Å². The van der Waals surface area contributed by atoms with Crippen LogP contribution in [0.15, 0.2) is 71.7 Å². The number of hydrogen-bond donors (Lipinski definition) is 0. The van der Waals surface area contributed by atoms with Gasteiger partial charge in [-0.25, -0.2) is 0 Å². The fourth-order valence-electron chi connectivity index (χ4n) is 2.61. The summed E-state index contributed by atoms with van der Waals surface area (Å²) in [7, 11) is 0. The molecule has 0 atom stereocenters. The van der Waals surface area contributed by atoms with Gasteiger partial charge < -0.3 is 9.30 Å². The SMILES string of the molecule is CC(C)Oc1ccc(-c2ccc(=O)n(Cc3ccc(Cl)cc3)c2)cc1. The minimum absolute atomic E-state index is 0.0292. The molecule has 2 aromatic carbocycles. The topological polar surface area (TPSA) is 31.2 Å². The zero-order chi connectivity index (χ0) is 17.8. The molecule has 0 fully saturated rings. The molecule has 0 saturated carbocycles. The fourth-order valence-corrected chi connectivity index (χ4v) is 2.74. The van der Waals surface area contributed by atoms with Crippen LogP contribution < -0.4 is 10.3 Å². The minimum atomic E-state index is -0.0292. The van der Waals surface area contributed by atoms with E-state index < -0.39 is 0 Å². The summed E-state index contributed by atoms with van der Waals surface area (Å²) in [6.45, 7) is 4.51. The van der Waals surface area contributed by atoms with Gasteiger partial charge in [-0.2, -0.15) is 0 Å². The Morgan fingerprint density at radius 3 is 2.20 bits per heavy atom. The van der Waals surface area contributed by atoms with Crippen molar-refractivity contribution in [3.05, 3.63) is 87.8 Å². The van der Waals surface area contributed by atoms with Crippen LogP contribution in [-0.2, 0) is 6.54 Å². The van der Waals surface area contributed by atoms with Crippen molar-refractivity contribution >= 4 is 11.6 Å². The summed E-state index contributed by atoms with van der Waals surface area (Å²) in [6, 6.07) is 18.9. The van der Waals surface area contributed by atoms with Crippen LogP contribution in [0.4, 0.5) is 0 Å². The third-order valence-corrected chi connectivity index (χ3v) is 4.06. The summed E-state index contributed by atoms with van der Waals surface area (Å²) in [4.78, 5) is 12.2. The molecule has 25 heavy (non-hydrogen) atoms. The molecule has 0 N–H and O–H groups in total. The van der Waals surface area contributed by atoms with Crippen molar-refractivity contribution < 1.29 is 4.74 Å². The molecule has 0 aliphatic heterocycles. The Hall–Kier alpha value is -2.52. The van der Waals surface area contributed by atoms with E-state index in [1.54, 1.807) is 10.6 Å². The first-order valence-corrected chi connectivity index (χ1v) is 8.61. The third-order valence-electron chi connectivity index (χ3n) is 3.81. The van der Waals surface area contributed by atoms with Crippen LogP contribution in [0.25, 0.3) is 11.1 Å². The second-order valence-corrected chi connectivity index (χ2v) is 6.64. The Morgan fingerprint density at radius 1 is 0.920 bits per heavy atom. The highest BCUT2D eigenvalue weighted by Gasteiger charge is 2.04. The fraction of sp³-hybridized carbons (Fsp3) is 0.190. The number of benzene rings is 2. The highest BCUT2D eigenvalue weighted by atomic mass is 35.5. The monoisotopic (exact) mass is 353 g/mol. The van der Waals surface area contributed by atoms with Crippen molar-refractivity contribution in [1.82, 2.24) is 4.57 Å².